The summed E-state index contributed by atoms with van der Waals surface area (Å²) in [4.78, 5) is 27.3. The van der Waals surface area contributed by atoms with Crippen LogP contribution in [-0.4, -0.2) is 42.1 Å². The Morgan fingerprint density at radius 3 is 2.59 bits per heavy atom. The van der Waals surface area contributed by atoms with Crippen molar-refractivity contribution >= 4 is 17.6 Å². The van der Waals surface area contributed by atoms with E-state index >= 15 is 0 Å². The molecule has 1 atom stereocenters. The van der Waals surface area contributed by atoms with E-state index in [-0.39, 0.29) is 18.0 Å². The highest BCUT2D eigenvalue weighted by Crippen LogP contribution is 2.32. The SMILES string of the molecule is O=C(Nc1cccc(CNC(=O)N(CC2CC2)C2CCCCC2)c1)C1CCCO1. The summed E-state index contributed by atoms with van der Waals surface area (Å²) < 4.78 is 5.44. The van der Waals surface area contributed by atoms with Crippen LogP contribution in [0.1, 0.15) is 63.4 Å². The number of nitrogens with one attached hydrogen (secondary N) is 2. The first-order valence-electron chi connectivity index (χ1n) is 11.2. The second kappa shape index (κ2) is 9.61. The smallest absolute Gasteiger partial charge is 0.317 e. The van der Waals surface area contributed by atoms with Crippen molar-refractivity contribution in [1.29, 1.82) is 0 Å². The zero-order valence-corrected chi connectivity index (χ0v) is 17.2. The molecule has 29 heavy (non-hydrogen) atoms. The van der Waals surface area contributed by atoms with Gasteiger partial charge in [-0.25, -0.2) is 4.79 Å². The van der Waals surface area contributed by atoms with Gasteiger partial charge < -0.3 is 20.3 Å². The fraction of sp³-hybridized carbons (Fsp3) is 0.652. The monoisotopic (exact) mass is 399 g/mol. The predicted octanol–water partition coefficient (Wildman–Crippen LogP) is 4.06. The standard InChI is InChI=1S/C23H33N3O3/c27-22(21-10-5-13-29-21)25-19-7-4-6-18(14-19)15-24-23(28)26(16-17-11-12-17)20-8-2-1-3-9-20/h4,6-7,14,17,20-21H,1-3,5,8-13,15-16H2,(H,24,28)(H,25,27). The van der Waals surface area contributed by atoms with Gasteiger partial charge in [-0.15, -0.1) is 0 Å². The molecule has 0 radical (unpaired) electrons. The van der Waals surface area contributed by atoms with Crippen molar-refractivity contribution in [3.63, 3.8) is 0 Å². The highest BCUT2D eigenvalue weighted by atomic mass is 16.5. The summed E-state index contributed by atoms with van der Waals surface area (Å²) in [6, 6.07) is 8.14. The lowest BCUT2D eigenvalue weighted by molar-refractivity contribution is -0.124. The molecule has 1 aromatic carbocycles. The topological polar surface area (TPSA) is 70.7 Å². The quantitative estimate of drug-likeness (QED) is 0.726. The van der Waals surface area contributed by atoms with Crippen LogP contribution < -0.4 is 10.6 Å². The molecule has 3 fully saturated rings. The maximum Gasteiger partial charge on any atom is 0.317 e. The number of urea groups is 1. The average molecular weight is 400 g/mol. The van der Waals surface area contributed by atoms with E-state index < -0.39 is 0 Å². The molecule has 4 rings (SSSR count). The van der Waals surface area contributed by atoms with Crippen LogP contribution in [0.15, 0.2) is 24.3 Å². The first kappa shape index (κ1) is 20.2. The van der Waals surface area contributed by atoms with Crippen LogP contribution in [0, 0.1) is 5.92 Å². The van der Waals surface area contributed by atoms with Gasteiger partial charge in [-0.2, -0.15) is 0 Å². The van der Waals surface area contributed by atoms with E-state index in [4.69, 9.17) is 4.74 Å². The van der Waals surface area contributed by atoms with E-state index in [0.717, 1.165) is 43.5 Å². The number of carbonyl (C=O) groups is 2. The van der Waals surface area contributed by atoms with Crippen LogP contribution >= 0.6 is 0 Å². The average Bonchev–Trinajstić information content (AvgIpc) is 3.40. The van der Waals surface area contributed by atoms with Crippen molar-refractivity contribution < 1.29 is 14.3 Å². The molecule has 6 heteroatoms. The van der Waals surface area contributed by atoms with Crippen LogP contribution in [0.3, 0.4) is 0 Å². The zero-order valence-electron chi connectivity index (χ0n) is 17.2. The Bertz CT molecular complexity index is 707. The lowest BCUT2D eigenvalue weighted by atomic mass is 9.94. The number of amides is 3. The van der Waals surface area contributed by atoms with Gasteiger partial charge in [0.1, 0.15) is 6.10 Å². The number of rotatable bonds is 7. The maximum atomic E-state index is 12.9. The fourth-order valence-electron chi connectivity index (χ4n) is 4.41. The molecule has 0 spiro atoms. The Kier molecular flexibility index (Phi) is 6.70. The number of anilines is 1. The Balaban J connectivity index is 1.32. The van der Waals surface area contributed by atoms with Gasteiger partial charge in [0.2, 0.25) is 0 Å². The summed E-state index contributed by atoms with van der Waals surface area (Å²) in [7, 11) is 0. The Morgan fingerprint density at radius 2 is 1.86 bits per heavy atom. The second-order valence-electron chi connectivity index (χ2n) is 8.74. The molecule has 1 aliphatic heterocycles. The molecule has 0 aromatic heterocycles. The third-order valence-corrected chi connectivity index (χ3v) is 6.29. The molecule has 3 aliphatic rings. The normalized spacial score (nSPS) is 22.3. The Morgan fingerprint density at radius 1 is 1.03 bits per heavy atom. The van der Waals surface area contributed by atoms with Crippen molar-refractivity contribution in [2.45, 2.75) is 76.5 Å². The van der Waals surface area contributed by atoms with Gasteiger partial charge in [0.25, 0.3) is 5.91 Å². The molecule has 1 saturated heterocycles. The highest BCUT2D eigenvalue weighted by Gasteiger charge is 2.31. The van der Waals surface area contributed by atoms with Crippen LogP contribution in [0.2, 0.25) is 0 Å². The van der Waals surface area contributed by atoms with E-state index in [0.29, 0.717) is 25.1 Å². The minimum atomic E-state index is -0.343. The van der Waals surface area contributed by atoms with Crippen molar-refractivity contribution in [3.05, 3.63) is 29.8 Å². The third-order valence-electron chi connectivity index (χ3n) is 6.29. The summed E-state index contributed by atoms with van der Waals surface area (Å²) in [6.07, 6.45) is 9.88. The summed E-state index contributed by atoms with van der Waals surface area (Å²) in [5.41, 5.74) is 1.73. The molecule has 6 nitrogen and oxygen atoms in total. The lowest BCUT2D eigenvalue weighted by Gasteiger charge is -2.34. The summed E-state index contributed by atoms with van der Waals surface area (Å²) in [5.74, 6) is 0.607. The van der Waals surface area contributed by atoms with E-state index in [1.165, 1.54) is 32.1 Å². The Labute approximate surface area is 173 Å². The van der Waals surface area contributed by atoms with E-state index in [2.05, 4.69) is 15.5 Å². The summed E-state index contributed by atoms with van der Waals surface area (Å²) in [6.45, 7) is 2.02. The number of carbonyl (C=O) groups excluding carboxylic acids is 2. The molecule has 1 unspecified atom stereocenters. The number of hydrogen-bond acceptors (Lipinski definition) is 3. The number of ether oxygens (including phenoxy) is 1. The maximum absolute atomic E-state index is 12.9. The van der Waals surface area contributed by atoms with Gasteiger partial charge in [0.15, 0.2) is 0 Å². The largest absolute Gasteiger partial charge is 0.368 e. The minimum absolute atomic E-state index is 0.0533. The minimum Gasteiger partial charge on any atom is -0.368 e. The molecule has 2 aliphatic carbocycles. The number of nitrogens with zero attached hydrogens (tertiary/aromatic N) is 1. The molecule has 0 bridgehead atoms. The number of benzene rings is 1. The Hall–Kier alpha value is -2.08. The first-order chi connectivity index (χ1) is 14.2. The highest BCUT2D eigenvalue weighted by molar-refractivity contribution is 5.94. The van der Waals surface area contributed by atoms with Gasteiger partial charge in [-0.3, -0.25) is 4.79 Å². The van der Waals surface area contributed by atoms with E-state index in [1.807, 2.05) is 24.3 Å². The predicted molar refractivity (Wildman–Crippen MR) is 113 cm³/mol. The molecule has 2 N–H and O–H groups in total. The van der Waals surface area contributed by atoms with Crippen molar-refractivity contribution in [1.82, 2.24) is 10.2 Å². The van der Waals surface area contributed by atoms with Gasteiger partial charge in [0, 0.05) is 31.4 Å². The number of hydrogen-bond donors (Lipinski definition) is 2. The molecular weight excluding hydrogens is 366 g/mol. The molecule has 3 amide bonds. The van der Waals surface area contributed by atoms with Gasteiger partial charge in [-0.05, 0) is 62.1 Å². The lowest BCUT2D eigenvalue weighted by Crippen LogP contribution is -2.47. The molecular formula is C23H33N3O3. The van der Waals surface area contributed by atoms with E-state index in [9.17, 15) is 9.59 Å². The van der Waals surface area contributed by atoms with Crippen molar-refractivity contribution in [2.75, 3.05) is 18.5 Å². The summed E-state index contributed by atoms with van der Waals surface area (Å²) in [5, 5.41) is 6.05. The fourth-order valence-corrected chi connectivity index (χ4v) is 4.41. The molecule has 1 aromatic rings. The molecule has 158 valence electrons. The van der Waals surface area contributed by atoms with Gasteiger partial charge in [-0.1, -0.05) is 31.4 Å². The van der Waals surface area contributed by atoms with E-state index in [1.54, 1.807) is 0 Å². The van der Waals surface area contributed by atoms with Crippen molar-refractivity contribution in [3.8, 4) is 0 Å². The van der Waals surface area contributed by atoms with Crippen LogP contribution in [0.4, 0.5) is 10.5 Å². The first-order valence-corrected chi connectivity index (χ1v) is 11.2. The molecule has 1 heterocycles. The van der Waals surface area contributed by atoms with Crippen LogP contribution in [0.5, 0.6) is 0 Å². The van der Waals surface area contributed by atoms with Crippen LogP contribution in [0.25, 0.3) is 0 Å². The van der Waals surface area contributed by atoms with Gasteiger partial charge in [0.05, 0.1) is 0 Å². The second-order valence-corrected chi connectivity index (χ2v) is 8.74. The summed E-state index contributed by atoms with van der Waals surface area (Å²) >= 11 is 0. The molecule has 2 saturated carbocycles. The third kappa shape index (κ3) is 5.72. The van der Waals surface area contributed by atoms with Crippen LogP contribution in [-0.2, 0) is 16.1 Å². The van der Waals surface area contributed by atoms with Crippen molar-refractivity contribution in [2.24, 2.45) is 5.92 Å². The zero-order chi connectivity index (χ0) is 20.1. The van der Waals surface area contributed by atoms with Gasteiger partial charge >= 0.3 is 6.03 Å².